The molecule has 2 saturated heterocycles. The summed E-state index contributed by atoms with van der Waals surface area (Å²) in [6.07, 6.45) is 5.96. The molecule has 8 heteroatoms. The molecular formula is C32H33FN2O4S. The number of thioether (sulfide) groups is 1. The van der Waals surface area contributed by atoms with Crippen LogP contribution < -0.4 is 0 Å². The van der Waals surface area contributed by atoms with Gasteiger partial charge in [-0.2, -0.15) is 0 Å². The van der Waals surface area contributed by atoms with Crippen molar-refractivity contribution >= 4 is 23.5 Å². The van der Waals surface area contributed by atoms with Gasteiger partial charge in [-0.3, -0.25) is 9.59 Å². The highest BCUT2D eigenvalue weighted by molar-refractivity contribution is 7.98. The monoisotopic (exact) mass is 560 g/mol. The van der Waals surface area contributed by atoms with Crippen molar-refractivity contribution in [3.63, 3.8) is 0 Å². The number of hydrogen-bond donors (Lipinski definition) is 1. The quantitative estimate of drug-likeness (QED) is 0.352. The van der Waals surface area contributed by atoms with Gasteiger partial charge in [0.05, 0.1) is 18.2 Å². The van der Waals surface area contributed by atoms with Crippen molar-refractivity contribution in [3.05, 3.63) is 100 Å². The largest absolute Gasteiger partial charge is 0.504 e. The van der Waals surface area contributed by atoms with Crippen molar-refractivity contribution in [3.8, 4) is 0 Å². The SMILES string of the molecule is C=C1/C(=C(/O)C(=O)/C=C\C)C(=O)N2CCC(OC3CC3)C[C@H]2N1[C@@H]1c2ccccc2SCc2c1ccc(F)c2C. The Balaban J connectivity index is 1.55. The third kappa shape index (κ3) is 4.57. The molecule has 2 aromatic carbocycles. The number of carbonyl (C=O) groups excluding carboxylic acids is 2. The van der Waals surface area contributed by atoms with Crippen LogP contribution in [0.15, 0.2) is 77.1 Å². The number of allylic oxidation sites excluding steroid dienone is 2. The molecule has 1 saturated carbocycles. The van der Waals surface area contributed by atoms with Crippen LogP contribution in [0.2, 0.25) is 0 Å². The van der Waals surface area contributed by atoms with Gasteiger partial charge in [0.1, 0.15) is 17.6 Å². The third-order valence-corrected chi connectivity index (χ3v) is 9.46. The zero-order valence-corrected chi connectivity index (χ0v) is 23.5. The molecule has 1 N–H and O–H groups in total. The molecule has 3 aliphatic heterocycles. The van der Waals surface area contributed by atoms with Crippen molar-refractivity contribution < 1.29 is 23.8 Å². The van der Waals surface area contributed by atoms with E-state index >= 15 is 0 Å². The lowest BCUT2D eigenvalue weighted by molar-refractivity contribution is -0.145. The number of fused-ring (bicyclic) bond motifs is 3. The maximum absolute atomic E-state index is 14.8. The van der Waals surface area contributed by atoms with E-state index in [0.717, 1.165) is 34.4 Å². The summed E-state index contributed by atoms with van der Waals surface area (Å²) in [6.45, 7) is 8.24. The molecule has 0 spiro atoms. The number of ketones is 1. The molecule has 2 aromatic rings. The van der Waals surface area contributed by atoms with E-state index in [0.29, 0.717) is 30.7 Å². The number of halogens is 1. The maximum Gasteiger partial charge on any atom is 0.261 e. The molecule has 1 amide bonds. The Hall–Kier alpha value is -3.36. The van der Waals surface area contributed by atoms with E-state index in [1.807, 2.05) is 18.2 Å². The Labute approximate surface area is 238 Å². The van der Waals surface area contributed by atoms with E-state index in [1.165, 1.54) is 18.2 Å². The summed E-state index contributed by atoms with van der Waals surface area (Å²) in [5, 5.41) is 11.1. The first-order chi connectivity index (χ1) is 19.3. The zero-order chi connectivity index (χ0) is 28.1. The standard InChI is InChI=1S/C32H33FN2O4S/c1-4-7-26(36)31(37)29-19(3)35(28-16-21(39-20-10-11-20)14-15-34(28)32(29)38)30-22-12-13-25(33)18(2)24(22)17-40-27-9-6-5-8-23(27)30/h4-9,12-13,20-21,28,30,37H,3,10-11,14-17H2,1-2H3/b7-4-,31-29-/t21?,28-,30+/m1/s1. The average molecular weight is 561 g/mol. The molecule has 1 aliphatic carbocycles. The van der Waals surface area contributed by atoms with Gasteiger partial charge in [-0.25, -0.2) is 4.39 Å². The third-order valence-electron chi connectivity index (χ3n) is 8.35. The molecule has 3 fully saturated rings. The molecule has 0 radical (unpaired) electrons. The summed E-state index contributed by atoms with van der Waals surface area (Å²) in [7, 11) is 0. The molecule has 1 unspecified atom stereocenters. The highest BCUT2D eigenvalue weighted by Gasteiger charge is 2.49. The van der Waals surface area contributed by atoms with Crippen LogP contribution in [0.1, 0.15) is 60.9 Å². The summed E-state index contributed by atoms with van der Waals surface area (Å²) in [5.41, 5.74) is 3.64. The Morgan fingerprint density at radius 1 is 1.15 bits per heavy atom. The minimum atomic E-state index is -0.646. The van der Waals surface area contributed by atoms with E-state index < -0.39 is 29.7 Å². The van der Waals surface area contributed by atoms with Gasteiger partial charge in [0.2, 0.25) is 5.78 Å². The fourth-order valence-electron chi connectivity index (χ4n) is 6.16. The summed E-state index contributed by atoms with van der Waals surface area (Å²) < 4.78 is 21.2. The molecular weight excluding hydrogens is 527 g/mol. The summed E-state index contributed by atoms with van der Waals surface area (Å²) >= 11 is 1.66. The average Bonchev–Trinajstić information content (AvgIpc) is 3.78. The van der Waals surface area contributed by atoms with Crippen LogP contribution in [0.3, 0.4) is 0 Å². The number of ether oxygens (including phenoxy) is 1. The van der Waals surface area contributed by atoms with Crippen LogP contribution in [0.5, 0.6) is 0 Å². The molecule has 3 atom stereocenters. The number of aliphatic hydroxyl groups is 1. The van der Waals surface area contributed by atoms with Crippen LogP contribution in [-0.4, -0.2) is 51.5 Å². The lowest BCUT2D eigenvalue weighted by atomic mass is 9.86. The van der Waals surface area contributed by atoms with Gasteiger partial charge >= 0.3 is 0 Å². The minimum absolute atomic E-state index is 0.0227. The minimum Gasteiger partial charge on any atom is -0.504 e. The van der Waals surface area contributed by atoms with Gasteiger partial charge in [-0.05, 0) is 73.6 Å². The summed E-state index contributed by atoms with van der Waals surface area (Å²) in [4.78, 5) is 31.6. The maximum atomic E-state index is 14.8. The molecule has 6 nitrogen and oxygen atoms in total. The number of piperidine rings is 1. The number of nitrogens with zero attached hydrogens (tertiary/aromatic N) is 2. The van der Waals surface area contributed by atoms with Gasteiger partial charge < -0.3 is 19.6 Å². The second-order valence-electron chi connectivity index (χ2n) is 10.9. The molecule has 6 rings (SSSR count). The summed E-state index contributed by atoms with van der Waals surface area (Å²) in [6, 6.07) is 11.0. The first-order valence-electron chi connectivity index (χ1n) is 13.8. The second-order valence-corrected chi connectivity index (χ2v) is 11.9. The van der Waals surface area contributed by atoms with Gasteiger partial charge in [0.15, 0.2) is 5.76 Å². The predicted octanol–water partition coefficient (Wildman–Crippen LogP) is 6.11. The number of amides is 1. The first kappa shape index (κ1) is 26.8. The van der Waals surface area contributed by atoms with Crippen molar-refractivity contribution in [2.75, 3.05) is 6.54 Å². The van der Waals surface area contributed by atoms with Crippen LogP contribution in [0.25, 0.3) is 0 Å². The Kier molecular flexibility index (Phi) is 7.09. The predicted molar refractivity (Wildman–Crippen MR) is 152 cm³/mol. The first-order valence-corrected chi connectivity index (χ1v) is 14.8. The highest BCUT2D eigenvalue weighted by atomic mass is 32.2. The van der Waals surface area contributed by atoms with Crippen LogP contribution >= 0.6 is 11.8 Å². The number of carbonyl (C=O) groups is 2. The molecule has 0 aromatic heterocycles. The smallest absolute Gasteiger partial charge is 0.261 e. The summed E-state index contributed by atoms with van der Waals surface area (Å²) in [5.74, 6) is -1.32. The van der Waals surface area contributed by atoms with Gasteiger partial charge in [-0.1, -0.05) is 36.9 Å². The van der Waals surface area contributed by atoms with E-state index in [4.69, 9.17) is 4.74 Å². The van der Waals surface area contributed by atoms with E-state index in [9.17, 15) is 19.1 Å². The lowest BCUT2D eigenvalue weighted by Gasteiger charge is -2.53. The molecule has 0 bridgehead atoms. The van der Waals surface area contributed by atoms with Gasteiger partial charge in [-0.15, -0.1) is 11.8 Å². The Bertz CT molecular complexity index is 1460. The van der Waals surface area contributed by atoms with Crippen LogP contribution in [-0.2, 0) is 20.1 Å². The lowest BCUT2D eigenvalue weighted by Crippen LogP contribution is -2.61. The fraction of sp³-hybridized carbons (Fsp3) is 0.375. The highest BCUT2D eigenvalue weighted by Crippen LogP contribution is 2.49. The number of benzene rings is 2. The molecule has 4 aliphatic rings. The second kappa shape index (κ2) is 10.6. The van der Waals surface area contributed by atoms with Gasteiger partial charge in [0.25, 0.3) is 5.91 Å². The zero-order valence-electron chi connectivity index (χ0n) is 22.7. The van der Waals surface area contributed by atoms with Crippen molar-refractivity contribution in [2.45, 2.75) is 74.6 Å². The fourth-order valence-corrected chi connectivity index (χ4v) is 7.36. The topological polar surface area (TPSA) is 70.1 Å². The normalized spacial score (nSPS) is 25.8. The van der Waals surface area contributed by atoms with Gasteiger partial charge in [0, 0.05) is 29.3 Å². The van der Waals surface area contributed by atoms with E-state index in [-0.39, 0.29) is 29.3 Å². The number of rotatable bonds is 5. The van der Waals surface area contributed by atoms with Crippen molar-refractivity contribution in [2.24, 2.45) is 0 Å². The number of aliphatic hydroxyl groups excluding tert-OH is 1. The Morgan fingerprint density at radius 2 is 1.93 bits per heavy atom. The van der Waals surface area contributed by atoms with Crippen molar-refractivity contribution in [1.29, 1.82) is 0 Å². The van der Waals surface area contributed by atoms with Crippen LogP contribution in [0.4, 0.5) is 4.39 Å². The van der Waals surface area contributed by atoms with Crippen molar-refractivity contribution in [1.82, 2.24) is 9.80 Å². The van der Waals surface area contributed by atoms with E-state index in [2.05, 4.69) is 23.6 Å². The van der Waals surface area contributed by atoms with Crippen LogP contribution in [0, 0.1) is 12.7 Å². The molecule has 40 heavy (non-hydrogen) atoms. The molecule has 3 heterocycles. The molecule has 208 valence electrons. The van der Waals surface area contributed by atoms with E-state index in [1.54, 1.807) is 30.5 Å². The number of hydrogen-bond acceptors (Lipinski definition) is 6. The Morgan fingerprint density at radius 3 is 2.67 bits per heavy atom.